The molecule has 0 bridgehead atoms. The average Bonchev–Trinajstić information content (AvgIpc) is 3.29. The van der Waals surface area contributed by atoms with Crippen molar-refractivity contribution in [1.29, 1.82) is 0 Å². The monoisotopic (exact) mass is 503 g/mol. The molecule has 5 rings (SSSR count). The maximum absolute atomic E-state index is 13.9. The number of carbonyl (C=O) groups excluding carboxylic acids is 1. The molecule has 4 aromatic rings. The number of aromatic nitrogens is 4. The SMILES string of the molecule is C=CCN1CCCC(n2nc(-c3ccc(CNC(=O)c4ccc(F)cc4F)cc3)c3c(N)ncnc32)C1. The molecule has 1 unspecified atom stereocenters. The number of nitrogen functional groups attached to an aromatic ring is 1. The van der Waals surface area contributed by atoms with Gasteiger partial charge in [0.05, 0.1) is 17.0 Å². The van der Waals surface area contributed by atoms with E-state index in [4.69, 9.17) is 10.8 Å². The fraction of sp³-hybridized carbons (Fsp3) is 0.259. The number of halogens is 2. The molecule has 3 heterocycles. The molecular formula is C27H27F2N7O. The van der Waals surface area contributed by atoms with E-state index in [-0.39, 0.29) is 18.2 Å². The van der Waals surface area contributed by atoms with Gasteiger partial charge in [-0.3, -0.25) is 9.69 Å². The van der Waals surface area contributed by atoms with Crippen molar-refractivity contribution >= 4 is 22.8 Å². The van der Waals surface area contributed by atoms with Crippen molar-refractivity contribution < 1.29 is 13.6 Å². The normalized spacial score (nSPS) is 16.1. The van der Waals surface area contributed by atoms with Crippen LogP contribution in [0.25, 0.3) is 22.3 Å². The van der Waals surface area contributed by atoms with E-state index in [1.165, 1.54) is 6.33 Å². The summed E-state index contributed by atoms with van der Waals surface area (Å²) in [6.45, 7) is 6.73. The van der Waals surface area contributed by atoms with Gasteiger partial charge in [0.2, 0.25) is 0 Å². The average molecular weight is 504 g/mol. The third-order valence-corrected chi connectivity index (χ3v) is 6.59. The van der Waals surface area contributed by atoms with Crippen molar-refractivity contribution in [2.24, 2.45) is 0 Å². The van der Waals surface area contributed by atoms with E-state index in [1.807, 2.05) is 35.0 Å². The van der Waals surface area contributed by atoms with Crippen LogP contribution in [-0.4, -0.2) is 50.2 Å². The number of anilines is 1. The van der Waals surface area contributed by atoms with Gasteiger partial charge >= 0.3 is 0 Å². The maximum atomic E-state index is 13.9. The van der Waals surface area contributed by atoms with Crippen molar-refractivity contribution in [2.45, 2.75) is 25.4 Å². The van der Waals surface area contributed by atoms with Crippen LogP contribution in [0.1, 0.15) is 34.8 Å². The summed E-state index contributed by atoms with van der Waals surface area (Å²) in [6.07, 6.45) is 5.41. The summed E-state index contributed by atoms with van der Waals surface area (Å²) in [6, 6.07) is 10.5. The van der Waals surface area contributed by atoms with E-state index in [0.717, 1.165) is 55.7 Å². The summed E-state index contributed by atoms with van der Waals surface area (Å²) in [5.41, 5.74) is 9.10. The zero-order valence-corrected chi connectivity index (χ0v) is 20.2. The third-order valence-electron chi connectivity index (χ3n) is 6.59. The second-order valence-electron chi connectivity index (χ2n) is 9.10. The van der Waals surface area contributed by atoms with Crippen LogP contribution in [-0.2, 0) is 6.54 Å². The molecule has 1 aliphatic heterocycles. The van der Waals surface area contributed by atoms with Gasteiger partial charge < -0.3 is 11.1 Å². The lowest BCUT2D eigenvalue weighted by molar-refractivity contribution is 0.0947. The molecule has 1 fully saturated rings. The van der Waals surface area contributed by atoms with E-state index < -0.39 is 17.5 Å². The fourth-order valence-electron chi connectivity index (χ4n) is 4.76. The highest BCUT2D eigenvalue weighted by Crippen LogP contribution is 2.33. The Bertz CT molecular complexity index is 1450. The number of likely N-dealkylation sites (tertiary alicyclic amines) is 1. The molecule has 0 aliphatic carbocycles. The number of fused-ring (bicyclic) bond motifs is 1. The van der Waals surface area contributed by atoms with Gasteiger partial charge in [0.15, 0.2) is 5.65 Å². The molecule has 1 saturated heterocycles. The van der Waals surface area contributed by atoms with Gasteiger partial charge in [-0.2, -0.15) is 5.10 Å². The van der Waals surface area contributed by atoms with E-state index >= 15 is 0 Å². The largest absolute Gasteiger partial charge is 0.383 e. The van der Waals surface area contributed by atoms with E-state index in [9.17, 15) is 13.6 Å². The number of nitrogens with zero attached hydrogens (tertiary/aromatic N) is 5. The first-order valence-corrected chi connectivity index (χ1v) is 12.1. The fourth-order valence-corrected chi connectivity index (χ4v) is 4.76. The summed E-state index contributed by atoms with van der Waals surface area (Å²) in [7, 11) is 0. The lowest BCUT2D eigenvalue weighted by Gasteiger charge is -2.32. The molecule has 0 spiro atoms. The predicted molar refractivity (Wildman–Crippen MR) is 138 cm³/mol. The summed E-state index contributed by atoms with van der Waals surface area (Å²) in [5, 5.41) is 8.31. The van der Waals surface area contributed by atoms with E-state index in [0.29, 0.717) is 28.6 Å². The summed E-state index contributed by atoms with van der Waals surface area (Å²) in [4.78, 5) is 23.4. The van der Waals surface area contributed by atoms with Gasteiger partial charge in [-0.05, 0) is 37.1 Å². The van der Waals surface area contributed by atoms with Gasteiger partial charge in [-0.1, -0.05) is 30.3 Å². The molecule has 1 amide bonds. The summed E-state index contributed by atoms with van der Waals surface area (Å²) >= 11 is 0. The molecule has 8 nitrogen and oxygen atoms in total. The standard InChI is InChI=1S/C27H27F2N7O/c1-2-11-35-12-3-4-20(15-35)36-26-23(25(30)32-16-33-26)24(34-36)18-7-5-17(6-8-18)14-31-27(37)21-10-9-19(28)13-22(21)29/h2,5-10,13,16,20H,1,3-4,11-12,14-15H2,(H,31,37)(H2,30,32,33). The molecule has 10 heteroatoms. The third kappa shape index (κ3) is 5.05. The van der Waals surface area contributed by atoms with Crippen molar-refractivity contribution in [3.8, 4) is 11.3 Å². The number of carbonyl (C=O) groups is 1. The molecule has 0 saturated carbocycles. The molecule has 1 aliphatic rings. The number of hydrogen-bond acceptors (Lipinski definition) is 6. The molecule has 2 aromatic carbocycles. The molecular weight excluding hydrogens is 476 g/mol. The smallest absolute Gasteiger partial charge is 0.254 e. The van der Waals surface area contributed by atoms with Crippen molar-refractivity contribution in [3.05, 3.63) is 84.2 Å². The van der Waals surface area contributed by atoms with Crippen LogP contribution in [0.4, 0.5) is 14.6 Å². The minimum absolute atomic E-state index is 0.153. The van der Waals surface area contributed by atoms with E-state index in [2.05, 4.69) is 26.8 Å². The number of nitrogens with one attached hydrogen (secondary N) is 1. The van der Waals surface area contributed by atoms with Crippen LogP contribution in [0.5, 0.6) is 0 Å². The van der Waals surface area contributed by atoms with Crippen molar-refractivity contribution in [2.75, 3.05) is 25.4 Å². The number of benzene rings is 2. The van der Waals surface area contributed by atoms with Gasteiger partial charge in [-0.15, -0.1) is 6.58 Å². The zero-order chi connectivity index (χ0) is 25.9. The molecule has 1 atom stereocenters. The van der Waals surface area contributed by atoms with Crippen LogP contribution in [0.15, 0.2) is 61.4 Å². The van der Waals surface area contributed by atoms with Crippen LogP contribution < -0.4 is 11.1 Å². The van der Waals surface area contributed by atoms with Gasteiger partial charge in [0.25, 0.3) is 5.91 Å². The number of amides is 1. The minimum Gasteiger partial charge on any atom is -0.383 e. The highest BCUT2D eigenvalue weighted by atomic mass is 19.1. The molecule has 0 radical (unpaired) electrons. The van der Waals surface area contributed by atoms with E-state index in [1.54, 1.807) is 0 Å². The summed E-state index contributed by atoms with van der Waals surface area (Å²) in [5.74, 6) is -1.89. The van der Waals surface area contributed by atoms with Gasteiger partial charge in [0.1, 0.15) is 29.5 Å². The topological polar surface area (TPSA) is 102 Å². The van der Waals surface area contributed by atoms with Crippen molar-refractivity contribution in [1.82, 2.24) is 30.0 Å². The highest BCUT2D eigenvalue weighted by Gasteiger charge is 2.26. The van der Waals surface area contributed by atoms with Crippen LogP contribution in [0.3, 0.4) is 0 Å². The highest BCUT2D eigenvalue weighted by molar-refractivity contribution is 5.98. The molecule has 190 valence electrons. The summed E-state index contributed by atoms with van der Waals surface area (Å²) < 4.78 is 29.0. The lowest BCUT2D eigenvalue weighted by Crippen LogP contribution is -2.37. The molecule has 37 heavy (non-hydrogen) atoms. The first kappa shape index (κ1) is 24.5. The number of hydrogen-bond donors (Lipinski definition) is 2. The minimum atomic E-state index is -0.902. The Morgan fingerprint density at radius 3 is 2.76 bits per heavy atom. The Morgan fingerprint density at radius 1 is 1.19 bits per heavy atom. The Hall–Kier alpha value is -4.18. The number of piperidine rings is 1. The quantitative estimate of drug-likeness (QED) is 0.368. The molecule has 2 aromatic heterocycles. The van der Waals surface area contributed by atoms with Crippen molar-refractivity contribution in [3.63, 3.8) is 0 Å². The second kappa shape index (κ2) is 10.4. The lowest BCUT2D eigenvalue weighted by atomic mass is 10.1. The van der Waals surface area contributed by atoms with Crippen LogP contribution in [0, 0.1) is 11.6 Å². The first-order chi connectivity index (χ1) is 17.9. The van der Waals surface area contributed by atoms with Crippen LogP contribution >= 0.6 is 0 Å². The predicted octanol–water partition coefficient (Wildman–Crippen LogP) is 4.11. The Balaban J connectivity index is 1.38. The number of rotatable bonds is 7. The Morgan fingerprint density at radius 2 is 2.00 bits per heavy atom. The van der Waals surface area contributed by atoms with Gasteiger partial charge in [-0.25, -0.2) is 23.4 Å². The Kier molecular flexibility index (Phi) is 6.91. The first-order valence-electron chi connectivity index (χ1n) is 12.1. The van der Waals surface area contributed by atoms with Crippen LogP contribution in [0.2, 0.25) is 0 Å². The zero-order valence-electron chi connectivity index (χ0n) is 20.2. The second-order valence-corrected chi connectivity index (χ2v) is 9.10. The Labute approximate surface area is 212 Å². The van der Waals surface area contributed by atoms with Gasteiger partial charge in [0, 0.05) is 31.3 Å². The maximum Gasteiger partial charge on any atom is 0.254 e. The number of nitrogens with two attached hydrogens (primary N) is 1. The molecule has 3 N–H and O–H groups in total.